The minimum atomic E-state index is -0.433. The van der Waals surface area contributed by atoms with Crippen molar-refractivity contribution in [2.24, 2.45) is 0 Å². The number of fused-ring (bicyclic) bond motifs is 1. The van der Waals surface area contributed by atoms with Crippen LogP contribution in [0.1, 0.15) is 13.8 Å². The Kier molecular flexibility index (Phi) is 3.61. The third-order valence-electron chi connectivity index (χ3n) is 3.31. The molecule has 21 heavy (non-hydrogen) atoms. The molecule has 0 saturated carbocycles. The van der Waals surface area contributed by atoms with Gasteiger partial charge in [-0.2, -0.15) is 0 Å². The Balaban J connectivity index is 2.16. The van der Waals surface area contributed by atoms with Crippen molar-refractivity contribution in [3.05, 3.63) is 42.0 Å². The molecule has 3 rings (SSSR count). The number of nitrogens with zero attached hydrogens (tertiary/aromatic N) is 2. The van der Waals surface area contributed by atoms with Crippen molar-refractivity contribution in [3.8, 4) is 11.1 Å². The van der Waals surface area contributed by atoms with Gasteiger partial charge in [-0.05, 0) is 19.4 Å². The van der Waals surface area contributed by atoms with Gasteiger partial charge in [0, 0.05) is 10.9 Å². The van der Waals surface area contributed by atoms with Crippen LogP contribution in [0.25, 0.3) is 21.3 Å². The Morgan fingerprint density at radius 1 is 1.19 bits per heavy atom. The van der Waals surface area contributed by atoms with Crippen LogP contribution in [0.2, 0.25) is 0 Å². The quantitative estimate of drug-likeness (QED) is 0.773. The van der Waals surface area contributed by atoms with E-state index in [1.807, 2.05) is 32.0 Å². The van der Waals surface area contributed by atoms with Crippen LogP contribution in [0.3, 0.4) is 0 Å². The number of aliphatic hydroxyl groups is 1. The van der Waals surface area contributed by atoms with Gasteiger partial charge in [0.05, 0.1) is 17.5 Å². The minimum Gasteiger partial charge on any atom is -0.394 e. The highest BCUT2D eigenvalue weighted by molar-refractivity contribution is 7.17. The standard InChI is InChI=1S/C16H17N3OS/c1-16(2,9-20)19-14-13-12(11-6-4-3-5-7-11)8-21-15(13)18-10-17-14/h3-8,10,20H,9H2,1-2H3,(H,17,18,19). The Hall–Kier alpha value is -1.98. The molecule has 4 nitrogen and oxygen atoms in total. The molecule has 3 aromatic rings. The summed E-state index contributed by atoms with van der Waals surface area (Å²) in [5, 5.41) is 15.9. The molecule has 0 aliphatic carbocycles. The number of aromatic nitrogens is 2. The summed E-state index contributed by atoms with van der Waals surface area (Å²) >= 11 is 1.60. The van der Waals surface area contributed by atoms with Crippen molar-refractivity contribution in [2.75, 3.05) is 11.9 Å². The van der Waals surface area contributed by atoms with Gasteiger partial charge in [0.1, 0.15) is 17.0 Å². The van der Waals surface area contributed by atoms with Crippen LogP contribution in [0.15, 0.2) is 42.0 Å². The minimum absolute atomic E-state index is 0.0311. The second kappa shape index (κ2) is 5.42. The lowest BCUT2D eigenvalue weighted by Crippen LogP contribution is -2.35. The van der Waals surface area contributed by atoms with Gasteiger partial charge in [-0.1, -0.05) is 30.3 Å². The van der Waals surface area contributed by atoms with E-state index >= 15 is 0 Å². The molecule has 0 unspecified atom stereocenters. The second-order valence-corrected chi connectivity index (χ2v) is 6.44. The largest absolute Gasteiger partial charge is 0.394 e. The molecule has 108 valence electrons. The van der Waals surface area contributed by atoms with Crippen molar-refractivity contribution < 1.29 is 5.11 Å². The summed E-state index contributed by atoms with van der Waals surface area (Å²) in [5.74, 6) is 0.763. The third-order valence-corrected chi connectivity index (χ3v) is 4.19. The maximum Gasteiger partial charge on any atom is 0.139 e. The van der Waals surface area contributed by atoms with Crippen molar-refractivity contribution >= 4 is 27.4 Å². The van der Waals surface area contributed by atoms with E-state index in [1.165, 1.54) is 0 Å². The van der Waals surface area contributed by atoms with E-state index in [0.717, 1.165) is 27.2 Å². The number of nitrogens with one attached hydrogen (secondary N) is 1. The molecule has 0 aliphatic rings. The summed E-state index contributed by atoms with van der Waals surface area (Å²) in [6.45, 7) is 3.91. The van der Waals surface area contributed by atoms with E-state index in [2.05, 4.69) is 32.8 Å². The Morgan fingerprint density at radius 3 is 2.67 bits per heavy atom. The number of thiophene rings is 1. The zero-order valence-corrected chi connectivity index (χ0v) is 12.8. The zero-order chi connectivity index (χ0) is 14.9. The molecule has 0 bridgehead atoms. The fourth-order valence-electron chi connectivity index (χ4n) is 2.16. The van der Waals surface area contributed by atoms with Gasteiger partial charge in [0.25, 0.3) is 0 Å². The number of rotatable bonds is 4. The topological polar surface area (TPSA) is 58.0 Å². The smallest absolute Gasteiger partial charge is 0.139 e. The van der Waals surface area contributed by atoms with Crippen LogP contribution in [-0.2, 0) is 0 Å². The van der Waals surface area contributed by atoms with Gasteiger partial charge >= 0.3 is 0 Å². The summed E-state index contributed by atoms with van der Waals surface area (Å²) < 4.78 is 0. The summed E-state index contributed by atoms with van der Waals surface area (Å²) in [4.78, 5) is 9.67. The lowest BCUT2D eigenvalue weighted by molar-refractivity contribution is 0.234. The van der Waals surface area contributed by atoms with Gasteiger partial charge in [-0.3, -0.25) is 0 Å². The number of hydrogen-bond donors (Lipinski definition) is 2. The average molecular weight is 299 g/mol. The molecule has 0 atom stereocenters. The van der Waals surface area contributed by atoms with E-state index in [9.17, 15) is 5.11 Å². The highest BCUT2D eigenvalue weighted by atomic mass is 32.1. The van der Waals surface area contributed by atoms with E-state index in [-0.39, 0.29) is 6.61 Å². The first-order valence-electron chi connectivity index (χ1n) is 6.77. The number of hydrogen-bond acceptors (Lipinski definition) is 5. The molecule has 0 fully saturated rings. The molecule has 5 heteroatoms. The first-order valence-corrected chi connectivity index (χ1v) is 7.65. The third kappa shape index (κ3) is 2.75. The van der Waals surface area contributed by atoms with E-state index < -0.39 is 5.54 Å². The summed E-state index contributed by atoms with van der Waals surface area (Å²) in [7, 11) is 0. The van der Waals surface area contributed by atoms with Gasteiger partial charge < -0.3 is 10.4 Å². The van der Waals surface area contributed by atoms with Gasteiger partial charge in [-0.25, -0.2) is 9.97 Å². The average Bonchev–Trinajstić information content (AvgIpc) is 2.93. The highest BCUT2D eigenvalue weighted by Gasteiger charge is 2.20. The molecular formula is C16H17N3OS. The Labute approximate surface area is 127 Å². The highest BCUT2D eigenvalue weighted by Crippen LogP contribution is 2.37. The van der Waals surface area contributed by atoms with Crippen LogP contribution in [0.4, 0.5) is 5.82 Å². The summed E-state index contributed by atoms with van der Waals surface area (Å²) in [6, 6.07) is 10.2. The fourth-order valence-corrected chi connectivity index (χ4v) is 3.08. The van der Waals surface area contributed by atoms with E-state index in [1.54, 1.807) is 17.7 Å². The summed E-state index contributed by atoms with van der Waals surface area (Å²) in [5.41, 5.74) is 1.83. The first-order chi connectivity index (χ1) is 10.1. The lowest BCUT2D eigenvalue weighted by Gasteiger charge is -2.24. The normalized spacial score (nSPS) is 11.8. The molecule has 1 aromatic carbocycles. The Bertz CT molecular complexity index is 753. The molecule has 0 aliphatic heterocycles. The molecule has 2 N–H and O–H groups in total. The molecule has 0 radical (unpaired) electrons. The monoisotopic (exact) mass is 299 g/mol. The van der Waals surface area contributed by atoms with Gasteiger partial charge in [0.15, 0.2) is 0 Å². The van der Waals surface area contributed by atoms with Crippen LogP contribution in [0, 0.1) is 0 Å². The summed E-state index contributed by atoms with van der Waals surface area (Å²) in [6.07, 6.45) is 1.56. The van der Waals surface area contributed by atoms with Gasteiger partial charge in [-0.15, -0.1) is 11.3 Å². The van der Waals surface area contributed by atoms with Crippen LogP contribution >= 0.6 is 11.3 Å². The van der Waals surface area contributed by atoms with Crippen molar-refractivity contribution in [1.82, 2.24) is 9.97 Å². The van der Waals surface area contributed by atoms with Crippen LogP contribution in [0.5, 0.6) is 0 Å². The van der Waals surface area contributed by atoms with Crippen molar-refractivity contribution in [1.29, 1.82) is 0 Å². The SMILES string of the molecule is CC(C)(CO)Nc1ncnc2scc(-c3ccccc3)c12. The molecule has 0 saturated heterocycles. The second-order valence-electron chi connectivity index (χ2n) is 5.58. The maximum absolute atomic E-state index is 9.46. The molecule has 2 aromatic heterocycles. The predicted octanol–water partition coefficient (Wildman–Crippen LogP) is 3.54. The fraction of sp³-hybridized carbons (Fsp3) is 0.250. The van der Waals surface area contributed by atoms with Crippen molar-refractivity contribution in [3.63, 3.8) is 0 Å². The number of benzene rings is 1. The number of anilines is 1. The first kappa shape index (κ1) is 14.0. The molecule has 2 heterocycles. The van der Waals surface area contributed by atoms with Crippen LogP contribution < -0.4 is 5.32 Å². The maximum atomic E-state index is 9.46. The Morgan fingerprint density at radius 2 is 1.95 bits per heavy atom. The van der Waals surface area contributed by atoms with E-state index in [4.69, 9.17) is 0 Å². The van der Waals surface area contributed by atoms with Gasteiger partial charge in [0.2, 0.25) is 0 Å². The molecule has 0 amide bonds. The zero-order valence-electron chi connectivity index (χ0n) is 12.0. The molecule has 0 spiro atoms. The lowest BCUT2D eigenvalue weighted by atomic mass is 10.0. The number of aliphatic hydroxyl groups excluding tert-OH is 1. The predicted molar refractivity (Wildman–Crippen MR) is 87.6 cm³/mol. The van der Waals surface area contributed by atoms with Crippen molar-refractivity contribution in [2.45, 2.75) is 19.4 Å². The van der Waals surface area contributed by atoms with E-state index in [0.29, 0.717) is 0 Å². The molecular weight excluding hydrogens is 282 g/mol. The van der Waals surface area contributed by atoms with Crippen LogP contribution in [-0.4, -0.2) is 27.2 Å².